The van der Waals surface area contributed by atoms with Crippen LogP contribution in [0.2, 0.25) is 0 Å². The largest absolute Gasteiger partial charge is 0.383 e. The molecule has 4 nitrogen and oxygen atoms in total. The fourth-order valence-corrected chi connectivity index (χ4v) is 1.75. The van der Waals surface area contributed by atoms with Crippen LogP contribution in [0.5, 0.6) is 0 Å². The zero-order valence-electron chi connectivity index (χ0n) is 12.3. The van der Waals surface area contributed by atoms with Gasteiger partial charge in [-0.2, -0.15) is 0 Å². The zero-order chi connectivity index (χ0) is 14.3. The van der Waals surface area contributed by atoms with Gasteiger partial charge in [0.05, 0.1) is 13.0 Å². The minimum absolute atomic E-state index is 0.117. The van der Waals surface area contributed by atoms with Gasteiger partial charge in [-0.15, -0.1) is 0 Å². The van der Waals surface area contributed by atoms with Gasteiger partial charge in [-0.3, -0.25) is 4.79 Å². The van der Waals surface area contributed by atoms with Crippen LogP contribution in [0.1, 0.15) is 18.9 Å². The molecular weight excluding hydrogens is 240 g/mol. The third-order valence-electron chi connectivity index (χ3n) is 3.04. The van der Waals surface area contributed by atoms with Crippen molar-refractivity contribution in [1.29, 1.82) is 0 Å². The summed E-state index contributed by atoms with van der Waals surface area (Å²) in [5.74, 6) is 0.117. The summed E-state index contributed by atoms with van der Waals surface area (Å²) in [7, 11) is 5.25. The molecule has 19 heavy (non-hydrogen) atoms. The number of carbonyl (C=O) groups is 1. The Balaban J connectivity index is 2.58. The van der Waals surface area contributed by atoms with Crippen LogP contribution in [0.15, 0.2) is 24.3 Å². The highest BCUT2D eigenvalue weighted by molar-refractivity contribution is 5.78. The Morgan fingerprint density at radius 1 is 1.32 bits per heavy atom. The van der Waals surface area contributed by atoms with Gasteiger partial charge in [0.2, 0.25) is 5.91 Å². The maximum atomic E-state index is 11.6. The second-order valence-corrected chi connectivity index (χ2v) is 4.87. The summed E-state index contributed by atoms with van der Waals surface area (Å²) in [6.45, 7) is 2.82. The van der Waals surface area contributed by atoms with Gasteiger partial charge in [-0.05, 0) is 24.1 Å². The molecule has 0 spiro atoms. The van der Waals surface area contributed by atoms with E-state index in [4.69, 9.17) is 4.74 Å². The van der Waals surface area contributed by atoms with E-state index in [-0.39, 0.29) is 5.91 Å². The van der Waals surface area contributed by atoms with Crippen LogP contribution in [0, 0.1) is 0 Å². The Morgan fingerprint density at radius 3 is 2.42 bits per heavy atom. The van der Waals surface area contributed by atoms with E-state index in [1.165, 1.54) is 0 Å². The Labute approximate surface area is 115 Å². The zero-order valence-corrected chi connectivity index (χ0v) is 12.3. The van der Waals surface area contributed by atoms with Gasteiger partial charge in [0.15, 0.2) is 0 Å². The van der Waals surface area contributed by atoms with Gasteiger partial charge in [0.1, 0.15) is 0 Å². The first kappa shape index (κ1) is 15.5. The number of carbonyl (C=O) groups excluding carboxylic acids is 1. The summed E-state index contributed by atoms with van der Waals surface area (Å²) in [5.41, 5.74) is 2.09. The number of benzene rings is 1. The maximum Gasteiger partial charge on any atom is 0.226 e. The first-order chi connectivity index (χ1) is 9.06. The molecule has 1 aromatic carbocycles. The van der Waals surface area contributed by atoms with Crippen LogP contribution in [-0.2, 0) is 16.0 Å². The van der Waals surface area contributed by atoms with Gasteiger partial charge in [0.25, 0.3) is 0 Å². The van der Waals surface area contributed by atoms with Crippen molar-refractivity contribution in [3.63, 3.8) is 0 Å². The highest BCUT2D eigenvalue weighted by atomic mass is 16.5. The molecular formula is C15H24N2O2. The number of likely N-dealkylation sites (N-methyl/N-ethyl adjacent to an activating group) is 1. The van der Waals surface area contributed by atoms with Gasteiger partial charge < -0.3 is 15.0 Å². The molecule has 0 saturated carbocycles. The number of rotatable bonds is 7. The average molecular weight is 264 g/mol. The van der Waals surface area contributed by atoms with E-state index in [0.29, 0.717) is 19.1 Å². The van der Waals surface area contributed by atoms with Crippen molar-refractivity contribution in [2.75, 3.05) is 33.1 Å². The molecule has 1 atom stereocenters. The average Bonchev–Trinajstić information content (AvgIpc) is 2.40. The Hall–Kier alpha value is -1.55. The number of amides is 1. The minimum Gasteiger partial charge on any atom is -0.383 e. The molecule has 4 heteroatoms. The van der Waals surface area contributed by atoms with Crippen LogP contribution in [-0.4, -0.2) is 44.7 Å². The summed E-state index contributed by atoms with van der Waals surface area (Å²) in [6, 6.07) is 8.32. The quantitative estimate of drug-likeness (QED) is 0.820. The lowest BCUT2D eigenvalue weighted by molar-refractivity contribution is -0.127. The summed E-state index contributed by atoms with van der Waals surface area (Å²) in [6.07, 6.45) is 1.46. The number of methoxy groups -OCH3 is 1. The predicted octanol–water partition coefficient (Wildman–Crippen LogP) is 2.15. The molecule has 0 heterocycles. The van der Waals surface area contributed by atoms with E-state index in [9.17, 15) is 4.79 Å². The molecule has 0 aliphatic rings. The highest BCUT2D eigenvalue weighted by Crippen LogP contribution is 2.13. The number of hydrogen-bond acceptors (Lipinski definition) is 3. The molecule has 0 aliphatic heterocycles. The van der Waals surface area contributed by atoms with Crippen LogP contribution in [0.3, 0.4) is 0 Å². The third kappa shape index (κ3) is 5.30. The third-order valence-corrected chi connectivity index (χ3v) is 3.04. The smallest absolute Gasteiger partial charge is 0.226 e. The second kappa shape index (κ2) is 7.79. The van der Waals surface area contributed by atoms with Crippen molar-refractivity contribution < 1.29 is 9.53 Å². The van der Waals surface area contributed by atoms with E-state index in [2.05, 4.69) is 12.2 Å². The van der Waals surface area contributed by atoms with E-state index in [1.807, 2.05) is 24.3 Å². The predicted molar refractivity (Wildman–Crippen MR) is 78.4 cm³/mol. The van der Waals surface area contributed by atoms with Crippen LogP contribution >= 0.6 is 0 Å². The van der Waals surface area contributed by atoms with Crippen LogP contribution in [0.4, 0.5) is 5.69 Å². The van der Waals surface area contributed by atoms with E-state index in [1.54, 1.807) is 26.1 Å². The van der Waals surface area contributed by atoms with Crippen molar-refractivity contribution in [2.45, 2.75) is 25.8 Å². The van der Waals surface area contributed by atoms with Crippen molar-refractivity contribution >= 4 is 11.6 Å². The summed E-state index contributed by atoms with van der Waals surface area (Å²) in [5, 5.41) is 3.41. The molecule has 0 aliphatic carbocycles. The summed E-state index contributed by atoms with van der Waals surface area (Å²) >= 11 is 0. The second-order valence-electron chi connectivity index (χ2n) is 4.87. The standard InChI is InChI=1S/C15H24N2O2/c1-5-13(11-19-4)16-14-8-6-12(7-9-14)10-15(18)17(2)3/h6-9,13,16H,5,10-11H2,1-4H3. The lowest BCUT2D eigenvalue weighted by Crippen LogP contribution is -2.24. The van der Waals surface area contributed by atoms with Crippen molar-refractivity contribution in [2.24, 2.45) is 0 Å². The molecule has 0 bridgehead atoms. The summed E-state index contributed by atoms with van der Waals surface area (Å²) in [4.78, 5) is 13.2. The van der Waals surface area contributed by atoms with E-state index < -0.39 is 0 Å². The lowest BCUT2D eigenvalue weighted by atomic mass is 10.1. The van der Waals surface area contributed by atoms with Gasteiger partial charge in [0, 0.05) is 32.9 Å². The Bertz CT molecular complexity index is 388. The molecule has 1 amide bonds. The molecule has 0 fully saturated rings. The SMILES string of the molecule is CCC(COC)Nc1ccc(CC(=O)N(C)C)cc1. The molecule has 1 rings (SSSR count). The molecule has 106 valence electrons. The maximum absolute atomic E-state index is 11.6. The van der Waals surface area contributed by atoms with Crippen molar-refractivity contribution in [1.82, 2.24) is 4.90 Å². The van der Waals surface area contributed by atoms with Gasteiger partial charge >= 0.3 is 0 Å². The molecule has 1 aromatic rings. The molecule has 0 radical (unpaired) electrons. The number of anilines is 1. The minimum atomic E-state index is 0.117. The first-order valence-electron chi connectivity index (χ1n) is 6.61. The number of ether oxygens (including phenoxy) is 1. The first-order valence-corrected chi connectivity index (χ1v) is 6.61. The Morgan fingerprint density at radius 2 is 1.95 bits per heavy atom. The highest BCUT2D eigenvalue weighted by Gasteiger charge is 2.07. The fraction of sp³-hybridized carbons (Fsp3) is 0.533. The molecule has 0 aromatic heterocycles. The number of hydrogen-bond donors (Lipinski definition) is 1. The van der Waals surface area contributed by atoms with E-state index >= 15 is 0 Å². The van der Waals surface area contributed by atoms with Crippen LogP contribution < -0.4 is 5.32 Å². The van der Waals surface area contributed by atoms with E-state index in [0.717, 1.165) is 17.7 Å². The number of nitrogens with zero attached hydrogens (tertiary/aromatic N) is 1. The topological polar surface area (TPSA) is 41.6 Å². The van der Waals surface area contributed by atoms with Crippen LogP contribution in [0.25, 0.3) is 0 Å². The van der Waals surface area contributed by atoms with Crippen molar-refractivity contribution in [3.8, 4) is 0 Å². The van der Waals surface area contributed by atoms with Crippen molar-refractivity contribution in [3.05, 3.63) is 29.8 Å². The van der Waals surface area contributed by atoms with Gasteiger partial charge in [-0.1, -0.05) is 19.1 Å². The molecule has 0 saturated heterocycles. The normalized spacial score (nSPS) is 12.0. The molecule has 1 N–H and O–H groups in total. The van der Waals surface area contributed by atoms with Gasteiger partial charge in [-0.25, -0.2) is 0 Å². The lowest BCUT2D eigenvalue weighted by Gasteiger charge is -2.17. The monoisotopic (exact) mass is 264 g/mol. The summed E-state index contributed by atoms with van der Waals surface area (Å²) < 4.78 is 5.16. The fourth-order valence-electron chi connectivity index (χ4n) is 1.75. The Kier molecular flexibility index (Phi) is 6.36. The number of nitrogens with one attached hydrogen (secondary N) is 1. The molecule has 1 unspecified atom stereocenters.